The molecule has 2 saturated carbocycles. The summed E-state index contributed by atoms with van der Waals surface area (Å²) in [5, 5.41) is 1.07. The van der Waals surface area contributed by atoms with Gasteiger partial charge in [0, 0.05) is 5.39 Å². The summed E-state index contributed by atoms with van der Waals surface area (Å²) in [7, 11) is 0. The number of ether oxygens (including phenoxy) is 1. The van der Waals surface area contributed by atoms with Gasteiger partial charge in [0.15, 0.2) is 11.6 Å². The highest BCUT2D eigenvalue weighted by atomic mass is 19.1. The number of hydrogen-bond donors (Lipinski definition) is 0. The summed E-state index contributed by atoms with van der Waals surface area (Å²) < 4.78 is 35.6. The van der Waals surface area contributed by atoms with Gasteiger partial charge in [-0.05, 0) is 85.8 Å². The molecule has 3 heteroatoms. The van der Waals surface area contributed by atoms with Crippen molar-refractivity contribution in [1.82, 2.24) is 0 Å². The molecule has 32 heavy (non-hydrogen) atoms. The van der Waals surface area contributed by atoms with Crippen molar-refractivity contribution in [1.29, 1.82) is 0 Å². The Labute approximate surface area is 192 Å². The minimum Gasteiger partial charge on any atom is -0.486 e. The van der Waals surface area contributed by atoms with Crippen LogP contribution in [0, 0.1) is 29.4 Å². The van der Waals surface area contributed by atoms with Crippen molar-refractivity contribution < 1.29 is 13.5 Å². The topological polar surface area (TPSA) is 9.23 Å². The maximum atomic E-state index is 15.5. The van der Waals surface area contributed by atoms with Crippen LogP contribution < -0.4 is 4.74 Å². The van der Waals surface area contributed by atoms with E-state index in [0.29, 0.717) is 17.4 Å². The molecule has 2 aliphatic carbocycles. The number of fused-ring (bicyclic) bond motifs is 2. The van der Waals surface area contributed by atoms with Crippen LogP contribution in [0.15, 0.2) is 36.4 Å². The van der Waals surface area contributed by atoms with Gasteiger partial charge in [-0.3, -0.25) is 0 Å². The number of allylic oxidation sites excluding steroid dienone is 1. The molecule has 0 radical (unpaired) electrons. The first-order chi connectivity index (χ1) is 15.6. The van der Waals surface area contributed by atoms with E-state index in [1.807, 2.05) is 31.2 Å². The van der Waals surface area contributed by atoms with E-state index in [0.717, 1.165) is 36.2 Å². The molecule has 2 fully saturated rings. The van der Waals surface area contributed by atoms with Crippen molar-refractivity contribution in [2.75, 3.05) is 6.61 Å². The smallest absolute Gasteiger partial charge is 0.165 e. The summed E-state index contributed by atoms with van der Waals surface area (Å²) in [6.45, 7) is 4.48. The van der Waals surface area contributed by atoms with Crippen molar-refractivity contribution in [3.8, 4) is 5.75 Å². The number of halogens is 2. The zero-order chi connectivity index (χ0) is 22.5. The largest absolute Gasteiger partial charge is 0.486 e. The molecule has 0 N–H and O–H groups in total. The molecule has 2 aromatic rings. The van der Waals surface area contributed by atoms with E-state index in [1.165, 1.54) is 57.4 Å². The Morgan fingerprint density at radius 2 is 1.81 bits per heavy atom. The first kappa shape index (κ1) is 23.3. The van der Waals surface area contributed by atoms with Crippen LogP contribution in [0.1, 0.15) is 89.5 Å². The number of rotatable bonds is 8. The molecule has 174 valence electrons. The maximum Gasteiger partial charge on any atom is 0.165 e. The van der Waals surface area contributed by atoms with Gasteiger partial charge in [0.1, 0.15) is 12.4 Å². The monoisotopic (exact) mass is 440 g/mol. The van der Waals surface area contributed by atoms with Gasteiger partial charge in [-0.1, -0.05) is 63.3 Å². The Balaban J connectivity index is 1.45. The molecule has 0 spiro atoms. The Kier molecular flexibility index (Phi) is 7.86. The van der Waals surface area contributed by atoms with Crippen molar-refractivity contribution in [3.05, 3.63) is 53.6 Å². The van der Waals surface area contributed by atoms with E-state index in [2.05, 4.69) is 6.92 Å². The molecular formula is C29H38F2O. The third-order valence-corrected chi connectivity index (χ3v) is 7.98. The average molecular weight is 441 g/mol. The molecule has 0 aliphatic heterocycles. The lowest BCUT2D eigenvalue weighted by Gasteiger charge is -2.42. The van der Waals surface area contributed by atoms with E-state index in [9.17, 15) is 4.39 Å². The third-order valence-electron chi connectivity index (χ3n) is 7.98. The molecule has 2 aliphatic rings. The minimum absolute atomic E-state index is 0.180. The lowest BCUT2D eigenvalue weighted by atomic mass is 9.63. The highest BCUT2D eigenvalue weighted by Gasteiger charge is 2.36. The fourth-order valence-electron chi connectivity index (χ4n) is 6.18. The van der Waals surface area contributed by atoms with Gasteiger partial charge in [0.2, 0.25) is 0 Å². The summed E-state index contributed by atoms with van der Waals surface area (Å²) in [5.41, 5.74) is 0.781. The second-order valence-electron chi connectivity index (χ2n) is 10.1. The zero-order valence-electron chi connectivity index (χ0n) is 19.7. The molecule has 0 bridgehead atoms. The van der Waals surface area contributed by atoms with Gasteiger partial charge >= 0.3 is 0 Å². The van der Waals surface area contributed by atoms with E-state index in [-0.39, 0.29) is 17.5 Å². The SMILES string of the molecule is CC=CCOc1cc2ccc([C@@H]3CC[C@@H]4CC(CCCCC)CCC4C3)c(F)c2cc1F. The summed E-state index contributed by atoms with van der Waals surface area (Å²) in [4.78, 5) is 0. The summed E-state index contributed by atoms with van der Waals surface area (Å²) in [5.74, 6) is 2.16. The Morgan fingerprint density at radius 1 is 1.00 bits per heavy atom. The highest BCUT2D eigenvalue weighted by molar-refractivity contribution is 5.85. The Bertz CT molecular complexity index is 934. The summed E-state index contributed by atoms with van der Waals surface area (Å²) >= 11 is 0. The van der Waals surface area contributed by atoms with E-state index in [1.54, 1.807) is 6.07 Å². The van der Waals surface area contributed by atoms with Crippen molar-refractivity contribution in [3.63, 3.8) is 0 Å². The molecule has 0 saturated heterocycles. The summed E-state index contributed by atoms with van der Waals surface area (Å²) in [6, 6.07) is 6.81. The van der Waals surface area contributed by atoms with Gasteiger partial charge in [0.05, 0.1) is 0 Å². The molecular weight excluding hydrogens is 402 g/mol. The van der Waals surface area contributed by atoms with Crippen LogP contribution in [0.5, 0.6) is 5.75 Å². The maximum absolute atomic E-state index is 15.5. The van der Waals surface area contributed by atoms with Crippen molar-refractivity contribution >= 4 is 10.8 Å². The molecule has 4 atom stereocenters. The van der Waals surface area contributed by atoms with Crippen LogP contribution in [-0.4, -0.2) is 6.61 Å². The minimum atomic E-state index is -0.497. The molecule has 2 aromatic carbocycles. The van der Waals surface area contributed by atoms with Gasteiger partial charge in [0.25, 0.3) is 0 Å². The Morgan fingerprint density at radius 3 is 2.62 bits per heavy atom. The fraction of sp³-hybridized carbons (Fsp3) is 0.586. The molecule has 0 amide bonds. The van der Waals surface area contributed by atoms with E-state index < -0.39 is 5.82 Å². The first-order valence-electron chi connectivity index (χ1n) is 12.8. The predicted molar refractivity (Wildman–Crippen MR) is 129 cm³/mol. The molecule has 1 nitrogen and oxygen atoms in total. The molecule has 0 aromatic heterocycles. The second kappa shape index (κ2) is 10.8. The van der Waals surface area contributed by atoms with Gasteiger partial charge in [-0.2, -0.15) is 0 Å². The van der Waals surface area contributed by atoms with Crippen LogP contribution in [0.25, 0.3) is 10.8 Å². The van der Waals surface area contributed by atoms with Crippen LogP contribution in [0.2, 0.25) is 0 Å². The molecule has 4 rings (SSSR count). The van der Waals surface area contributed by atoms with Crippen LogP contribution in [0.3, 0.4) is 0 Å². The lowest BCUT2D eigenvalue weighted by Crippen LogP contribution is -2.30. The second-order valence-corrected chi connectivity index (χ2v) is 10.1. The quantitative estimate of drug-likeness (QED) is 0.294. The van der Waals surface area contributed by atoms with E-state index >= 15 is 4.39 Å². The standard InChI is InChI=1S/C29H38F2O/c1-3-5-7-8-20-9-10-22-17-23(12-11-21(22)16-20)25-14-13-24-18-28(32-15-6-4-2)27(30)19-26(24)29(25)31/h4,6,13-14,18-23H,3,5,7-12,15-17H2,1-2H3/t20?,21-,22?,23-/m1/s1. The molecule has 0 heterocycles. The normalized spacial score (nSPS) is 25.9. The highest BCUT2D eigenvalue weighted by Crippen LogP contribution is 2.49. The fourth-order valence-corrected chi connectivity index (χ4v) is 6.18. The predicted octanol–water partition coefficient (Wildman–Crippen LogP) is 8.95. The zero-order valence-corrected chi connectivity index (χ0v) is 19.7. The van der Waals surface area contributed by atoms with E-state index in [4.69, 9.17) is 4.74 Å². The number of unbranched alkanes of at least 4 members (excludes halogenated alkanes) is 2. The molecule has 2 unspecified atom stereocenters. The van der Waals surface area contributed by atoms with Crippen LogP contribution in [0.4, 0.5) is 8.78 Å². The summed E-state index contributed by atoms with van der Waals surface area (Å²) in [6.07, 6.45) is 16.5. The van der Waals surface area contributed by atoms with Crippen molar-refractivity contribution in [2.24, 2.45) is 17.8 Å². The lowest BCUT2D eigenvalue weighted by molar-refractivity contribution is 0.112. The first-order valence-corrected chi connectivity index (χ1v) is 12.8. The van der Waals surface area contributed by atoms with Gasteiger partial charge < -0.3 is 4.74 Å². The average Bonchev–Trinajstić information content (AvgIpc) is 2.80. The number of benzene rings is 2. The third kappa shape index (κ3) is 5.18. The van der Waals surface area contributed by atoms with Crippen molar-refractivity contribution in [2.45, 2.75) is 84.0 Å². The van der Waals surface area contributed by atoms with Crippen LogP contribution >= 0.6 is 0 Å². The number of hydrogen-bond acceptors (Lipinski definition) is 1. The van der Waals surface area contributed by atoms with Crippen LogP contribution in [-0.2, 0) is 0 Å². The Hall–Kier alpha value is -1.90. The van der Waals surface area contributed by atoms with Gasteiger partial charge in [-0.25, -0.2) is 8.78 Å². The van der Waals surface area contributed by atoms with Gasteiger partial charge in [-0.15, -0.1) is 0 Å².